The quantitative estimate of drug-likeness (QED) is 0.363. The highest BCUT2D eigenvalue weighted by Crippen LogP contribution is 2.20. The maximum Gasteiger partial charge on any atom is 0.522 e. The molecule has 1 aromatic heterocycles. The van der Waals surface area contributed by atoms with Crippen molar-refractivity contribution in [1.82, 2.24) is 25.9 Å². The van der Waals surface area contributed by atoms with Gasteiger partial charge < -0.3 is 20.9 Å². The molecule has 0 aliphatic carbocycles. The van der Waals surface area contributed by atoms with E-state index in [1.165, 1.54) is 0 Å². The summed E-state index contributed by atoms with van der Waals surface area (Å²) >= 11 is 0. The van der Waals surface area contributed by atoms with Gasteiger partial charge in [-0.15, -0.1) is 13.2 Å². The summed E-state index contributed by atoms with van der Waals surface area (Å²) in [5.41, 5.74) is 1.18. The molecule has 36 heavy (non-hydrogen) atoms. The number of imidazole rings is 1. The molecule has 3 amide bonds. The van der Waals surface area contributed by atoms with Crippen molar-refractivity contribution in [3.63, 3.8) is 0 Å². The van der Waals surface area contributed by atoms with Crippen LogP contribution in [0.1, 0.15) is 43.7 Å². The zero-order valence-corrected chi connectivity index (χ0v) is 19.8. The summed E-state index contributed by atoms with van der Waals surface area (Å²) in [5, 5.41) is 7.60. The number of para-hydroxylation sites is 2. The minimum atomic E-state index is -5.03. The number of hydrogen-bond donors (Lipinski definition) is 4. The van der Waals surface area contributed by atoms with Gasteiger partial charge in [-0.05, 0) is 37.3 Å². The summed E-state index contributed by atoms with van der Waals surface area (Å²) in [6.07, 6.45) is -4.67. The van der Waals surface area contributed by atoms with Gasteiger partial charge in [0.15, 0.2) is 11.6 Å². The Morgan fingerprint density at radius 2 is 1.89 bits per heavy atom. The number of H-pyrrole nitrogens is 1. The number of nitrogens with one attached hydrogen (secondary N) is 4. The van der Waals surface area contributed by atoms with Crippen LogP contribution < -0.4 is 16.0 Å². The van der Waals surface area contributed by atoms with Crippen LogP contribution >= 0.6 is 0 Å². The summed E-state index contributed by atoms with van der Waals surface area (Å²) in [7, 11) is 0. The SMILES string of the molecule is CC(C)CC(NC(=O)c1nc2ccccc2[nH]1)C(=O)NC(CC1CCNC1=O)C(=O)COC(F)(F)F. The van der Waals surface area contributed by atoms with Crippen molar-refractivity contribution in [2.45, 2.75) is 51.6 Å². The number of carbonyl (C=O) groups excluding carboxylic acids is 4. The number of ketones is 1. The molecule has 2 aromatic rings. The molecule has 3 rings (SSSR count). The van der Waals surface area contributed by atoms with Crippen LogP contribution in [0.4, 0.5) is 13.2 Å². The van der Waals surface area contributed by atoms with Crippen LogP contribution in [-0.2, 0) is 19.1 Å². The van der Waals surface area contributed by atoms with Gasteiger partial charge >= 0.3 is 6.36 Å². The van der Waals surface area contributed by atoms with Gasteiger partial charge in [0.1, 0.15) is 12.6 Å². The number of ether oxygens (including phenoxy) is 1. The average Bonchev–Trinajstić information content (AvgIpc) is 3.41. The number of alkyl halides is 3. The molecule has 10 nitrogen and oxygen atoms in total. The Bertz CT molecular complexity index is 1080. The molecule has 0 spiro atoms. The molecular weight excluding hydrogens is 483 g/mol. The van der Waals surface area contributed by atoms with Crippen molar-refractivity contribution < 1.29 is 37.1 Å². The van der Waals surface area contributed by atoms with E-state index in [0.29, 0.717) is 24.0 Å². The number of Topliss-reactive ketones (excluding diaryl/α,β-unsaturated/α-hetero) is 1. The third-order valence-electron chi connectivity index (χ3n) is 5.70. The Morgan fingerprint density at radius 3 is 2.50 bits per heavy atom. The van der Waals surface area contributed by atoms with Crippen molar-refractivity contribution in [1.29, 1.82) is 0 Å². The molecule has 1 aliphatic heterocycles. The zero-order valence-electron chi connectivity index (χ0n) is 19.8. The van der Waals surface area contributed by atoms with Gasteiger partial charge in [0, 0.05) is 12.5 Å². The van der Waals surface area contributed by atoms with Crippen LogP contribution in [0.5, 0.6) is 0 Å². The van der Waals surface area contributed by atoms with Crippen molar-refractivity contribution in [3.8, 4) is 0 Å². The number of carbonyl (C=O) groups is 4. The Balaban J connectivity index is 1.74. The molecule has 1 fully saturated rings. The molecule has 1 saturated heterocycles. The minimum Gasteiger partial charge on any atom is -0.356 e. The number of nitrogens with zero attached hydrogens (tertiary/aromatic N) is 1. The van der Waals surface area contributed by atoms with Crippen LogP contribution in [-0.4, -0.2) is 65.1 Å². The number of benzene rings is 1. The van der Waals surface area contributed by atoms with E-state index in [0.717, 1.165) is 0 Å². The summed E-state index contributed by atoms with van der Waals surface area (Å²) in [6, 6.07) is 4.44. The maximum atomic E-state index is 13.1. The Morgan fingerprint density at radius 1 is 1.17 bits per heavy atom. The molecule has 13 heteroatoms. The van der Waals surface area contributed by atoms with Crippen LogP contribution in [0.15, 0.2) is 24.3 Å². The maximum absolute atomic E-state index is 13.1. The highest BCUT2D eigenvalue weighted by Gasteiger charge is 2.36. The monoisotopic (exact) mass is 511 g/mol. The van der Waals surface area contributed by atoms with Crippen molar-refractivity contribution in [2.75, 3.05) is 13.2 Å². The van der Waals surface area contributed by atoms with Gasteiger partial charge in [0.25, 0.3) is 5.91 Å². The first-order chi connectivity index (χ1) is 16.9. The number of fused-ring (bicyclic) bond motifs is 1. The number of halogens is 3. The second-order valence-electron chi connectivity index (χ2n) is 9.03. The Hall–Kier alpha value is -3.48. The van der Waals surface area contributed by atoms with Gasteiger partial charge in [0.2, 0.25) is 11.8 Å². The second-order valence-corrected chi connectivity index (χ2v) is 9.03. The summed E-state index contributed by atoms with van der Waals surface area (Å²) < 4.78 is 41.1. The summed E-state index contributed by atoms with van der Waals surface area (Å²) in [6.45, 7) is 2.68. The smallest absolute Gasteiger partial charge is 0.356 e. The van der Waals surface area contributed by atoms with Crippen LogP contribution in [0.3, 0.4) is 0 Å². The van der Waals surface area contributed by atoms with Crippen LogP contribution in [0.2, 0.25) is 0 Å². The summed E-state index contributed by atoms with van der Waals surface area (Å²) in [5.74, 6) is -3.55. The predicted octanol–water partition coefficient (Wildman–Crippen LogP) is 1.82. The molecule has 0 radical (unpaired) electrons. The van der Waals surface area contributed by atoms with E-state index in [9.17, 15) is 32.3 Å². The van der Waals surface area contributed by atoms with E-state index in [4.69, 9.17) is 0 Å². The first-order valence-electron chi connectivity index (χ1n) is 11.5. The molecule has 2 heterocycles. The lowest BCUT2D eigenvalue weighted by Crippen LogP contribution is -2.53. The Kier molecular flexibility index (Phi) is 8.66. The van der Waals surface area contributed by atoms with Gasteiger partial charge in [-0.25, -0.2) is 4.98 Å². The fourth-order valence-corrected chi connectivity index (χ4v) is 3.94. The molecule has 0 saturated carbocycles. The molecule has 4 N–H and O–H groups in total. The van der Waals surface area contributed by atoms with Crippen molar-refractivity contribution in [3.05, 3.63) is 30.1 Å². The first-order valence-corrected chi connectivity index (χ1v) is 11.5. The lowest BCUT2D eigenvalue weighted by atomic mass is 9.95. The molecule has 1 aromatic carbocycles. The predicted molar refractivity (Wildman–Crippen MR) is 121 cm³/mol. The van der Waals surface area contributed by atoms with E-state index in [2.05, 4.69) is 30.7 Å². The number of amides is 3. The third kappa shape index (κ3) is 7.51. The van der Waals surface area contributed by atoms with Gasteiger partial charge in [0.05, 0.1) is 17.1 Å². The highest BCUT2D eigenvalue weighted by molar-refractivity contribution is 5.98. The fourth-order valence-electron chi connectivity index (χ4n) is 3.94. The Labute approximate surface area is 204 Å². The van der Waals surface area contributed by atoms with E-state index < -0.39 is 48.6 Å². The lowest BCUT2D eigenvalue weighted by Gasteiger charge is -2.25. The number of rotatable bonds is 11. The van der Waals surface area contributed by atoms with E-state index in [1.807, 2.05) is 13.8 Å². The first kappa shape index (κ1) is 27.1. The molecular formula is C23H28F3N5O5. The van der Waals surface area contributed by atoms with E-state index >= 15 is 0 Å². The highest BCUT2D eigenvalue weighted by atomic mass is 19.4. The molecule has 3 atom stereocenters. The van der Waals surface area contributed by atoms with Gasteiger partial charge in [-0.3, -0.25) is 23.9 Å². The largest absolute Gasteiger partial charge is 0.522 e. The molecule has 0 bridgehead atoms. The van der Waals surface area contributed by atoms with Gasteiger partial charge in [-0.2, -0.15) is 0 Å². The zero-order chi connectivity index (χ0) is 26.5. The van der Waals surface area contributed by atoms with Crippen LogP contribution in [0.25, 0.3) is 11.0 Å². The lowest BCUT2D eigenvalue weighted by molar-refractivity contribution is -0.321. The number of aromatic amines is 1. The fraction of sp³-hybridized carbons (Fsp3) is 0.522. The minimum absolute atomic E-state index is 0.0217. The van der Waals surface area contributed by atoms with Crippen molar-refractivity contribution in [2.24, 2.45) is 11.8 Å². The van der Waals surface area contributed by atoms with Crippen LogP contribution in [0, 0.1) is 11.8 Å². The average molecular weight is 512 g/mol. The summed E-state index contributed by atoms with van der Waals surface area (Å²) in [4.78, 5) is 57.5. The number of hydrogen-bond acceptors (Lipinski definition) is 6. The third-order valence-corrected chi connectivity index (χ3v) is 5.70. The molecule has 3 unspecified atom stereocenters. The standard InChI is InChI=1S/C23H28F3N5O5/c1-12(2)9-17(31-22(35)19-28-14-5-3-4-6-15(14)29-19)21(34)30-16(10-13-7-8-27-20(13)33)18(32)11-36-23(24,25)26/h3-6,12-13,16-17H,7-11H2,1-2H3,(H,27,33)(H,28,29)(H,30,34)(H,31,35). The number of aromatic nitrogens is 2. The second kappa shape index (κ2) is 11.5. The normalized spacial score (nSPS) is 17.6. The topological polar surface area (TPSA) is 142 Å². The van der Waals surface area contributed by atoms with Crippen molar-refractivity contribution >= 4 is 34.5 Å². The molecule has 1 aliphatic rings. The van der Waals surface area contributed by atoms with Gasteiger partial charge in [-0.1, -0.05) is 26.0 Å². The van der Waals surface area contributed by atoms with E-state index in [-0.39, 0.29) is 30.5 Å². The van der Waals surface area contributed by atoms with E-state index in [1.54, 1.807) is 24.3 Å². The molecule has 196 valence electrons.